The van der Waals surface area contributed by atoms with E-state index in [1.807, 2.05) is 45.4 Å². The molecule has 218 valence electrons. The maximum absolute atomic E-state index is 12.3. The lowest BCUT2D eigenvalue weighted by molar-refractivity contribution is 0.0179. The molecule has 41 heavy (non-hydrogen) atoms. The van der Waals surface area contributed by atoms with Gasteiger partial charge in [0.05, 0.1) is 17.8 Å². The number of rotatable bonds is 8. The number of hydrogen-bond donors (Lipinski definition) is 2. The zero-order valence-corrected chi connectivity index (χ0v) is 24.5. The largest absolute Gasteiger partial charge is 0.491 e. The molecule has 11 nitrogen and oxygen atoms in total. The van der Waals surface area contributed by atoms with E-state index in [-0.39, 0.29) is 6.09 Å². The van der Waals surface area contributed by atoms with Crippen LogP contribution in [0.5, 0.6) is 5.75 Å². The molecule has 0 spiro atoms. The molecule has 0 unspecified atom stereocenters. The molecule has 0 radical (unpaired) electrons. The third-order valence-electron chi connectivity index (χ3n) is 7.42. The Bertz CT molecular complexity index is 1580. The second-order valence-corrected chi connectivity index (χ2v) is 11.7. The van der Waals surface area contributed by atoms with Crippen molar-refractivity contribution in [2.75, 3.05) is 19.7 Å². The van der Waals surface area contributed by atoms with E-state index in [0.29, 0.717) is 54.9 Å². The number of nitrogens with zero attached hydrogens (tertiary/aromatic N) is 5. The van der Waals surface area contributed by atoms with Crippen molar-refractivity contribution in [2.24, 2.45) is 11.7 Å². The first-order chi connectivity index (χ1) is 19.5. The summed E-state index contributed by atoms with van der Waals surface area (Å²) in [5.41, 5.74) is 8.68. The highest BCUT2D eigenvalue weighted by atomic mass is 16.6. The summed E-state index contributed by atoms with van der Waals surface area (Å²) >= 11 is 0. The Morgan fingerprint density at radius 2 is 1.90 bits per heavy atom. The zero-order valence-electron chi connectivity index (χ0n) is 24.5. The fourth-order valence-corrected chi connectivity index (χ4v) is 5.38. The Kier molecular flexibility index (Phi) is 7.88. The first kappa shape index (κ1) is 28.4. The molecule has 1 saturated heterocycles. The normalized spacial score (nSPS) is 14.6. The summed E-state index contributed by atoms with van der Waals surface area (Å²) in [4.78, 5) is 39.0. The number of nitrogens with two attached hydrogens (primary N) is 1. The predicted octanol–water partition coefficient (Wildman–Crippen LogP) is 5.21. The monoisotopic (exact) mass is 561 g/mol. The van der Waals surface area contributed by atoms with Crippen molar-refractivity contribution in [3.63, 3.8) is 0 Å². The van der Waals surface area contributed by atoms with E-state index in [1.54, 1.807) is 23.2 Å². The molecule has 3 aromatic heterocycles. The van der Waals surface area contributed by atoms with Gasteiger partial charge in [-0.3, -0.25) is 9.48 Å². The summed E-state index contributed by atoms with van der Waals surface area (Å²) in [5.74, 6) is 1.13. The highest BCUT2D eigenvalue weighted by molar-refractivity contribution is 6.11. The molecule has 0 saturated carbocycles. The van der Waals surface area contributed by atoms with Crippen molar-refractivity contribution in [1.82, 2.24) is 29.6 Å². The molecular formula is C30H39N7O4. The number of aryl methyl sites for hydroxylation is 2. The second kappa shape index (κ2) is 11.4. The standard InChI is InChI=1S/C30H39N7O4/c1-6-37-23(14-18(2)35-37)28-32-17-22-21-15-20(26(31)38)16-24(25(21)33-27(22)34-28)40-13-7-8-19-9-11-36(12-10-19)29(39)41-30(3,4)5/h14-17,19H,6-13H2,1-5H3,(H2,31,38)(H,32,33,34). The van der Waals surface area contributed by atoms with Crippen molar-refractivity contribution in [2.45, 2.75) is 72.4 Å². The Balaban J connectivity index is 1.28. The lowest BCUT2D eigenvalue weighted by Gasteiger charge is -2.33. The lowest BCUT2D eigenvalue weighted by atomic mass is 9.92. The van der Waals surface area contributed by atoms with Crippen LogP contribution in [0, 0.1) is 12.8 Å². The highest BCUT2D eigenvalue weighted by Crippen LogP contribution is 2.34. The fourth-order valence-electron chi connectivity index (χ4n) is 5.38. The number of H-pyrrole nitrogens is 1. The molecule has 4 heterocycles. The highest BCUT2D eigenvalue weighted by Gasteiger charge is 2.26. The summed E-state index contributed by atoms with van der Waals surface area (Å²) in [7, 11) is 0. The fraction of sp³-hybridized carbons (Fsp3) is 0.500. The van der Waals surface area contributed by atoms with Crippen LogP contribution in [0.1, 0.15) is 69.4 Å². The van der Waals surface area contributed by atoms with Crippen LogP contribution >= 0.6 is 0 Å². The number of hydrogen-bond acceptors (Lipinski definition) is 7. The van der Waals surface area contributed by atoms with Gasteiger partial charge in [-0.05, 0) is 84.4 Å². The van der Waals surface area contributed by atoms with Crippen LogP contribution in [-0.4, -0.2) is 66.9 Å². The van der Waals surface area contributed by atoms with Gasteiger partial charge in [-0.2, -0.15) is 5.10 Å². The number of primary amides is 1. The molecule has 1 aliphatic heterocycles. The average molecular weight is 562 g/mol. The van der Waals surface area contributed by atoms with Crippen LogP contribution in [0.3, 0.4) is 0 Å². The molecule has 4 aromatic rings. The Labute approximate surface area is 239 Å². The number of ether oxygens (including phenoxy) is 2. The summed E-state index contributed by atoms with van der Waals surface area (Å²) in [6.07, 6.45) is 5.26. The number of aromatic amines is 1. The number of fused-ring (bicyclic) bond motifs is 3. The molecule has 11 heteroatoms. The van der Waals surface area contributed by atoms with Crippen molar-refractivity contribution < 1.29 is 19.1 Å². The molecule has 1 fully saturated rings. The number of carbonyl (C=O) groups is 2. The molecule has 1 aromatic carbocycles. The molecule has 0 aliphatic carbocycles. The predicted molar refractivity (Wildman–Crippen MR) is 157 cm³/mol. The smallest absolute Gasteiger partial charge is 0.410 e. The quantitative estimate of drug-likeness (QED) is 0.281. The third kappa shape index (κ3) is 6.28. The van der Waals surface area contributed by atoms with Crippen LogP contribution in [-0.2, 0) is 11.3 Å². The second-order valence-electron chi connectivity index (χ2n) is 11.7. The number of likely N-dealkylation sites (tertiary alicyclic amines) is 1. The topological polar surface area (TPSA) is 141 Å². The van der Waals surface area contributed by atoms with Gasteiger partial charge in [-0.15, -0.1) is 0 Å². The first-order valence-corrected chi connectivity index (χ1v) is 14.3. The summed E-state index contributed by atoms with van der Waals surface area (Å²) in [5, 5.41) is 6.07. The van der Waals surface area contributed by atoms with Gasteiger partial charge in [0.1, 0.15) is 22.7 Å². The van der Waals surface area contributed by atoms with E-state index in [4.69, 9.17) is 20.2 Å². The van der Waals surface area contributed by atoms with Crippen molar-refractivity contribution in [3.05, 3.63) is 35.7 Å². The number of carbonyl (C=O) groups excluding carboxylic acids is 2. The van der Waals surface area contributed by atoms with Crippen molar-refractivity contribution in [1.29, 1.82) is 0 Å². The molecule has 5 rings (SSSR count). The van der Waals surface area contributed by atoms with Gasteiger partial charge in [-0.25, -0.2) is 14.8 Å². The summed E-state index contributed by atoms with van der Waals surface area (Å²) in [6, 6.07) is 5.41. The van der Waals surface area contributed by atoms with Gasteiger partial charge in [-0.1, -0.05) is 0 Å². The van der Waals surface area contributed by atoms with E-state index in [1.165, 1.54) is 0 Å². The van der Waals surface area contributed by atoms with Gasteiger partial charge in [0.2, 0.25) is 5.91 Å². The number of amides is 2. The molecular weight excluding hydrogens is 522 g/mol. The van der Waals surface area contributed by atoms with Crippen LogP contribution in [0.25, 0.3) is 33.5 Å². The Morgan fingerprint density at radius 3 is 2.59 bits per heavy atom. The number of piperidine rings is 1. The van der Waals surface area contributed by atoms with E-state index in [0.717, 1.165) is 53.4 Å². The summed E-state index contributed by atoms with van der Waals surface area (Å²) in [6.45, 7) is 12.2. The minimum absolute atomic E-state index is 0.237. The average Bonchev–Trinajstić information content (AvgIpc) is 3.49. The lowest BCUT2D eigenvalue weighted by Crippen LogP contribution is -2.41. The molecule has 3 N–H and O–H groups in total. The van der Waals surface area contributed by atoms with E-state index >= 15 is 0 Å². The van der Waals surface area contributed by atoms with Gasteiger partial charge in [0.15, 0.2) is 5.82 Å². The van der Waals surface area contributed by atoms with Crippen molar-refractivity contribution >= 4 is 33.9 Å². The maximum Gasteiger partial charge on any atom is 0.410 e. The van der Waals surface area contributed by atoms with Crippen LogP contribution in [0.2, 0.25) is 0 Å². The SMILES string of the molecule is CCn1nc(C)cc1-c1ncc2c(n1)[nH]c1c(OCCCC3CCN(C(=O)OC(C)(C)C)CC3)cc(C(N)=O)cc12. The third-order valence-corrected chi connectivity index (χ3v) is 7.42. The minimum Gasteiger partial charge on any atom is -0.491 e. The number of nitrogens with one attached hydrogen (secondary N) is 1. The van der Waals surface area contributed by atoms with E-state index in [2.05, 4.69) is 15.1 Å². The van der Waals surface area contributed by atoms with Crippen LogP contribution < -0.4 is 10.5 Å². The van der Waals surface area contributed by atoms with Crippen LogP contribution in [0.4, 0.5) is 4.79 Å². The van der Waals surface area contributed by atoms with Gasteiger partial charge >= 0.3 is 6.09 Å². The molecule has 0 bridgehead atoms. The maximum atomic E-state index is 12.3. The van der Waals surface area contributed by atoms with E-state index < -0.39 is 11.5 Å². The van der Waals surface area contributed by atoms with Crippen molar-refractivity contribution in [3.8, 4) is 17.3 Å². The minimum atomic E-state index is -0.525. The molecule has 2 amide bonds. The Morgan fingerprint density at radius 1 is 1.15 bits per heavy atom. The van der Waals surface area contributed by atoms with Gasteiger partial charge < -0.3 is 25.1 Å². The number of benzene rings is 1. The van der Waals surface area contributed by atoms with Gasteiger partial charge in [0, 0.05) is 42.2 Å². The van der Waals surface area contributed by atoms with E-state index in [9.17, 15) is 9.59 Å². The first-order valence-electron chi connectivity index (χ1n) is 14.3. The Hall–Kier alpha value is -4.15. The number of aromatic nitrogens is 5. The zero-order chi connectivity index (χ0) is 29.3. The molecule has 0 atom stereocenters. The van der Waals surface area contributed by atoms with Crippen LogP contribution in [0.15, 0.2) is 24.4 Å². The van der Waals surface area contributed by atoms with Gasteiger partial charge in [0.25, 0.3) is 0 Å². The molecule has 1 aliphatic rings. The summed E-state index contributed by atoms with van der Waals surface area (Å²) < 4.78 is 13.6.